The van der Waals surface area contributed by atoms with Crippen LogP contribution in [0.15, 0.2) is 18.5 Å². The average Bonchev–Trinajstić information content (AvgIpc) is 2.28. The van der Waals surface area contributed by atoms with E-state index in [1.54, 1.807) is 18.5 Å². The SMILES string of the molecule is CC(C)C(C)C(=O)Nc1cnccc1CO. The average molecular weight is 222 g/mol. The van der Waals surface area contributed by atoms with Crippen LogP contribution in [-0.4, -0.2) is 16.0 Å². The Bertz CT molecular complexity index is 364. The van der Waals surface area contributed by atoms with Gasteiger partial charge in [-0.1, -0.05) is 20.8 Å². The molecule has 0 spiro atoms. The minimum atomic E-state index is -0.103. The van der Waals surface area contributed by atoms with Crippen molar-refractivity contribution >= 4 is 11.6 Å². The molecule has 0 bridgehead atoms. The second kappa shape index (κ2) is 5.61. The third-order valence-electron chi connectivity index (χ3n) is 2.75. The molecule has 1 unspecified atom stereocenters. The van der Waals surface area contributed by atoms with Crippen molar-refractivity contribution in [1.29, 1.82) is 0 Å². The summed E-state index contributed by atoms with van der Waals surface area (Å²) in [6.07, 6.45) is 3.14. The van der Waals surface area contributed by atoms with Gasteiger partial charge in [0.05, 0.1) is 18.5 Å². The number of pyridine rings is 1. The molecule has 1 atom stereocenters. The fourth-order valence-corrected chi connectivity index (χ4v) is 1.22. The second-order valence-electron chi connectivity index (χ2n) is 4.21. The molecular formula is C12H18N2O2. The van der Waals surface area contributed by atoms with Gasteiger partial charge in [-0.05, 0) is 12.0 Å². The minimum absolute atomic E-state index is 0.0438. The van der Waals surface area contributed by atoms with E-state index >= 15 is 0 Å². The number of aromatic nitrogens is 1. The van der Waals surface area contributed by atoms with E-state index < -0.39 is 0 Å². The lowest BCUT2D eigenvalue weighted by Gasteiger charge is -2.16. The van der Waals surface area contributed by atoms with Crippen LogP contribution in [0, 0.1) is 11.8 Å². The van der Waals surface area contributed by atoms with Gasteiger partial charge in [-0.15, -0.1) is 0 Å². The highest BCUT2D eigenvalue weighted by molar-refractivity contribution is 5.92. The first kappa shape index (κ1) is 12.6. The van der Waals surface area contributed by atoms with E-state index in [0.29, 0.717) is 11.3 Å². The molecule has 88 valence electrons. The van der Waals surface area contributed by atoms with Gasteiger partial charge in [-0.3, -0.25) is 9.78 Å². The van der Waals surface area contributed by atoms with Crippen molar-refractivity contribution in [1.82, 2.24) is 4.98 Å². The van der Waals surface area contributed by atoms with Crippen molar-refractivity contribution in [2.75, 3.05) is 5.32 Å². The van der Waals surface area contributed by atoms with E-state index in [1.165, 1.54) is 0 Å². The third-order valence-corrected chi connectivity index (χ3v) is 2.75. The normalized spacial score (nSPS) is 12.6. The van der Waals surface area contributed by atoms with E-state index in [9.17, 15) is 4.79 Å². The number of rotatable bonds is 4. The number of nitrogens with one attached hydrogen (secondary N) is 1. The first-order chi connectivity index (χ1) is 7.56. The number of nitrogens with zero attached hydrogens (tertiary/aromatic N) is 1. The predicted octanol–water partition coefficient (Wildman–Crippen LogP) is 1.80. The molecular weight excluding hydrogens is 204 g/mol. The number of carbonyl (C=O) groups is 1. The highest BCUT2D eigenvalue weighted by atomic mass is 16.3. The Balaban J connectivity index is 2.76. The standard InChI is InChI=1S/C12H18N2O2/c1-8(2)9(3)12(16)14-11-6-13-5-4-10(11)7-15/h4-6,8-9,15H,7H2,1-3H3,(H,14,16). The van der Waals surface area contributed by atoms with Crippen molar-refractivity contribution in [3.05, 3.63) is 24.0 Å². The monoisotopic (exact) mass is 222 g/mol. The van der Waals surface area contributed by atoms with E-state index in [0.717, 1.165) is 0 Å². The summed E-state index contributed by atoms with van der Waals surface area (Å²) >= 11 is 0. The van der Waals surface area contributed by atoms with Gasteiger partial charge in [0.25, 0.3) is 0 Å². The molecule has 0 aromatic carbocycles. The number of aliphatic hydroxyl groups excluding tert-OH is 1. The van der Waals surface area contributed by atoms with E-state index in [2.05, 4.69) is 10.3 Å². The van der Waals surface area contributed by atoms with Gasteiger partial charge in [0.2, 0.25) is 5.91 Å². The molecule has 1 heterocycles. The molecule has 1 amide bonds. The summed E-state index contributed by atoms with van der Waals surface area (Å²) in [4.78, 5) is 15.7. The molecule has 1 rings (SSSR count). The number of anilines is 1. The first-order valence-corrected chi connectivity index (χ1v) is 5.41. The number of aliphatic hydroxyl groups is 1. The Hall–Kier alpha value is -1.42. The fraction of sp³-hybridized carbons (Fsp3) is 0.500. The van der Waals surface area contributed by atoms with Crippen molar-refractivity contribution in [3.63, 3.8) is 0 Å². The van der Waals surface area contributed by atoms with Gasteiger partial charge in [-0.2, -0.15) is 0 Å². The number of amides is 1. The maximum absolute atomic E-state index is 11.8. The largest absolute Gasteiger partial charge is 0.392 e. The van der Waals surface area contributed by atoms with Gasteiger partial charge in [0.15, 0.2) is 0 Å². The maximum atomic E-state index is 11.8. The molecule has 0 saturated heterocycles. The smallest absolute Gasteiger partial charge is 0.227 e. The van der Waals surface area contributed by atoms with Crippen LogP contribution in [0.25, 0.3) is 0 Å². The molecule has 1 aromatic heterocycles. The maximum Gasteiger partial charge on any atom is 0.227 e. The number of hydrogen-bond donors (Lipinski definition) is 2. The summed E-state index contributed by atoms with van der Waals surface area (Å²) in [6.45, 7) is 5.78. The lowest BCUT2D eigenvalue weighted by Crippen LogP contribution is -2.24. The predicted molar refractivity (Wildman–Crippen MR) is 62.8 cm³/mol. The number of hydrogen-bond acceptors (Lipinski definition) is 3. The molecule has 4 nitrogen and oxygen atoms in total. The Morgan fingerprint density at radius 1 is 1.50 bits per heavy atom. The molecule has 0 aliphatic rings. The third kappa shape index (κ3) is 3.03. The summed E-state index contributed by atoms with van der Waals surface area (Å²) in [5, 5.41) is 11.9. The zero-order valence-electron chi connectivity index (χ0n) is 9.90. The first-order valence-electron chi connectivity index (χ1n) is 5.41. The van der Waals surface area contributed by atoms with E-state index in [-0.39, 0.29) is 24.3 Å². The minimum Gasteiger partial charge on any atom is -0.392 e. The highest BCUT2D eigenvalue weighted by Gasteiger charge is 2.17. The summed E-state index contributed by atoms with van der Waals surface area (Å²) < 4.78 is 0. The molecule has 0 radical (unpaired) electrons. The van der Waals surface area contributed by atoms with Crippen molar-refractivity contribution in [3.8, 4) is 0 Å². The Kier molecular flexibility index (Phi) is 4.43. The molecule has 0 saturated carbocycles. The van der Waals surface area contributed by atoms with Crippen LogP contribution in [0.4, 0.5) is 5.69 Å². The molecule has 0 aliphatic heterocycles. The molecule has 4 heteroatoms. The summed E-state index contributed by atoms with van der Waals surface area (Å²) in [7, 11) is 0. The second-order valence-corrected chi connectivity index (χ2v) is 4.21. The molecule has 0 fully saturated rings. The molecule has 0 aliphatic carbocycles. The zero-order valence-corrected chi connectivity index (χ0v) is 9.90. The Labute approximate surface area is 95.7 Å². The fourth-order valence-electron chi connectivity index (χ4n) is 1.22. The summed E-state index contributed by atoms with van der Waals surface area (Å²) in [5.74, 6) is 0.179. The van der Waals surface area contributed by atoms with E-state index in [1.807, 2.05) is 20.8 Å². The van der Waals surface area contributed by atoms with Crippen molar-refractivity contribution in [2.45, 2.75) is 27.4 Å². The van der Waals surface area contributed by atoms with Crippen LogP contribution in [0.1, 0.15) is 26.3 Å². The van der Waals surface area contributed by atoms with Crippen molar-refractivity contribution < 1.29 is 9.90 Å². The molecule has 1 aromatic rings. The topological polar surface area (TPSA) is 62.2 Å². The lowest BCUT2D eigenvalue weighted by molar-refractivity contribution is -0.120. The van der Waals surface area contributed by atoms with E-state index in [4.69, 9.17) is 5.11 Å². The van der Waals surface area contributed by atoms with Crippen LogP contribution < -0.4 is 5.32 Å². The Morgan fingerprint density at radius 3 is 2.75 bits per heavy atom. The van der Waals surface area contributed by atoms with Crippen LogP contribution in [0.3, 0.4) is 0 Å². The molecule has 2 N–H and O–H groups in total. The lowest BCUT2D eigenvalue weighted by atomic mass is 9.97. The highest BCUT2D eigenvalue weighted by Crippen LogP contribution is 2.17. The Morgan fingerprint density at radius 2 is 2.19 bits per heavy atom. The van der Waals surface area contributed by atoms with Gasteiger partial charge in [-0.25, -0.2) is 0 Å². The number of carbonyl (C=O) groups excluding carboxylic acids is 1. The summed E-state index contributed by atoms with van der Waals surface area (Å²) in [6, 6.07) is 1.69. The van der Waals surface area contributed by atoms with Gasteiger partial charge in [0, 0.05) is 17.7 Å². The van der Waals surface area contributed by atoms with Gasteiger partial charge in [0.1, 0.15) is 0 Å². The van der Waals surface area contributed by atoms with Crippen LogP contribution in [-0.2, 0) is 11.4 Å². The van der Waals surface area contributed by atoms with Crippen LogP contribution >= 0.6 is 0 Å². The van der Waals surface area contributed by atoms with Gasteiger partial charge < -0.3 is 10.4 Å². The quantitative estimate of drug-likeness (QED) is 0.816. The van der Waals surface area contributed by atoms with Gasteiger partial charge >= 0.3 is 0 Å². The zero-order chi connectivity index (χ0) is 12.1. The van der Waals surface area contributed by atoms with Crippen molar-refractivity contribution in [2.24, 2.45) is 11.8 Å². The summed E-state index contributed by atoms with van der Waals surface area (Å²) in [5.41, 5.74) is 1.27. The van der Waals surface area contributed by atoms with Crippen LogP contribution in [0.2, 0.25) is 0 Å². The van der Waals surface area contributed by atoms with Crippen LogP contribution in [0.5, 0.6) is 0 Å². The molecule has 16 heavy (non-hydrogen) atoms.